The van der Waals surface area contributed by atoms with E-state index in [2.05, 4.69) is 4.98 Å². The zero-order valence-corrected chi connectivity index (χ0v) is 9.73. The van der Waals surface area contributed by atoms with Crippen LogP contribution in [0.5, 0.6) is 5.75 Å². The largest absolute Gasteiger partial charge is 0.494 e. The van der Waals surface area contributed by atoms with E-state index in [1.807, 2.05) is 11.5 Å². The van der Waals surface area contributed by atoms with Gasteiger partial charge in [0.05, 0.1) is 12.6 Å². The number of aryl methyl sites for hydroxylation is 1. The molecule has 1 heterocycles. The molecule has 0 fully saturated rings. The topological polar surface area (TPSA) is 96.2 Å². The summed E-state index contributed by atoms with van der Waals surface area (Å²) in [7, 11) is 1.53. The summed E-state index contributed by atoms with van der Waals surface area (Å²) in [5.41, 5.74) is 12.8. The van der Waals surface area contributed by atoms with Crippen LogP contribution in [0.2, 0.25) is 0 Å². The lowest BCUT2D eigenvalue weighted by atomic mass is 10.1. The SMILES string of the molecule is CCn1c(N)nc2cc(C(N)=O)cc(OC)c21. The smallest absolute Gasteiger partial charge is 0.248 e. The molecule has 1 aromatic carbocycles. The maximum absolute atomic E-state index is 11.2. The number of carbonyl (C=O) groups excluding carboxylic acids is 1. The van der Waals surface area contributed by atoms with Crippen molar-refractivity contribution in [2.45, 2.75) is 13.5 Å². The number of hydrogen-bond acceptors (Lipinski definition) is 4. The van der Waals surface area contributed by atoms with Crippen molar-refractivity contribution in [1.82, 2.24) is 9.55 Å². The second kappa shape index (κ2) is 3.97. The zero-order valence-electron chi connectivity index (χ0n) is 9.73. The molecule has 0 atom stereocenters. The lowest BCUT2D eigenvalue weighted by molar-refractivity contribution is 0.1000. The number of benzene rings is 1. The van der Waals surface area contributed by atoms with E-state index in [1.54, 1.807) is 12.1 Å². The number of amides is 1. The molecule has 1 amide bonds. The van der Waals surface area contributed by atoms with Gasteiger partial charge in [0, 0.05) is 12.1 Å². The van der Waals surface area contributed by atoms with Crippen LogP contribution in [0, 0.1) is 0 Å². The van der Waals surface area contributed by atoms with Gasteiger partial charge >= 0.3 is 0 Å². The van der Waals surface area contributed by atoms with Crippen LogP contribution in [0.4, 0.5) is 5.95 Å². The van der Waals surface area contributed by atoms with Gasteiger partial charge in [-0.05, 0) is 19.1 Å². The number of nitrogen functional groups attached to an aromatic ring is 1. The second-order valence-corrected chi connectivity index (χ2v) is 3.62. The molecule has 0 aliphatic rings. The Kier molecular flexibility index (Phi) is 2.63. The maximum Gasteiger partial charge on any atom is 0.248 e. The number of rotatable bonds is 3. The van der Waals surface area contributed by atoms with E-state index in [4.69, 9.17) is 16.2 Å². The monoisotopic (exact) mass is 234 g/mol. The maximum atomic E-state index is 11.2. The van der Waals surface area contributed by atoms with Crippen LogP contribution in [0.1, 0.15) is 17.3 Å². The summed E-state index contributed by atoms with van der Waals surface area (Å²) in [5, 5.41) is 0. The van der Waals surface area contributed by atoms with Crippen LogP contribution < -0.4 is 16.2 Å². The molecule has 2 rings (SSSR count). The number of anilines is 1. The number of imidazole rings is 1. The summed E-state index contributed by atoms with van der Waals surface area (Å²) in [5.74, 6) is 0.416. The zero-order chi connectivity index (χ0) is 12.6. The summed E-state index contributed by atoms with van der Waals surface area (Å²) in [6.45, 7) is 2.63. The molecule has 0 spiro atoms. The predicted octanol–water partition coefficient (Wildman–Crippen LogP) is 0.746. The number of hydrogen-bond donors (Lipinski definition) is 2. The van der Waals surface area contributed by atoms with Gasteiger partial charge in [-0.15, -0.1) is 0 Å². The van der Waals surface area contributed by atoms with Crippen molar-refractivity contribution >= 4 is 22.9 Å². The van der Waals surface area contributed by atoms with Gasteiger partial charge in [0.1, 0.15) is 11.3 Å². The Hall–Kier alpha value is -2.24. The van der Waals surface area contributed by atoms with Crippen molar-refractivity contribution in [3.05, 3.63) is 17.7 Å². The summed E-state index contributed by atoms with van der Waals surface area (Å²) in [4.78, 5) is 15.4. The molecule has 0 aliphatic carbocycles. The average Bonchev–Trinajstić information content (AvgIpc) is 2.62. The number of methoxy groups -OCH3 is 1. The minimum atomic E-state index is -0.519. The highest BCUT2D eigenvalue weighted by Gasteiger charge is 2.15. The Bertz CT molecular complexity index is 589. The third-order valence-corrected chi connectivity index (χ3v) is 2.66. The van der Waals surface area contributed by atoms with E-state index < -0.39 is 5.91 Å². The molecule has 1 aromatic heterocycles. The first kappa shape index (κ1) is 11.3. The Labute approximate surface area is 98.2 Å². The molecule has 4 N–H and O–H groups in total. The van der Waals surface area contributed by atoms with E-state index in [-0.39, 0.29) is 0 Å². The van der Waals surface area contributed by atoms with Gasteiger partial charge in [0.15, 0.2) is 0 Å². The Balaban J connectivity index is 2.82. The first-order valence-electron chi connectivity index (χ1n) is 5.22. The normalized spacial score (nSPS) is 10.7. The predicted molar refractivity (Wildman–Crippen MR) is 64.9 cm³/mol. The van der Waals surface area contributed by atoms with Crippen molar-refractivity contribution in [3.8, 4) is 5.75 Å². The molecule has 0 bridgehead atoms. The minimum absolute atomic E-state index is 0.357. The minimum Gasteiger partial charge on any atom is -0.494 e. The van der Waals surface area contributed by atoms with Crippen molar-refractivity contribution in [2.24, 2.45) is 5.73 Å². The van der Waals surface area contributed by atoms with Crippen LogP contribution in [0.3, 0.4) is 0 Å². The Morgan fingerprint density at radius 1 is 1.53 bits per heavy atom. The van der Waals surface area contributed by atoms with Crippen molar-refractivity contribution in [2.75, 3.05) is 12.8 Å². The van der Waals surface area contributed by atoms with Crippen molar-refractivity contribution in [1.29, 1.82) is 0 Å². The van der Waals surface area contributed by atoms with E-state index >= 15 is 0 Å². The van der Waals surface area contributed by atoms with Crippen LogP contribution in [-0.4, -0.2) is 22.6 Å². The molecule has 17 heavy (non-hydrogen) atoms. The third kappa shape index (κ3) is 1.67. The molecule has 0 saturated heterocycles. The fourth-order valence-electron chi connectivity index (χ4n) is 1.87. The fraction of sp³-hybridized carbons (Fsp3) is 0.273. The molecular formula is C11H14N4O2. The van der Waals surface area contributed by atoms with Crippen molar-refractivity contribution < 1.29 is 9.53 Å². The summed E-state index contributed by atoms with van der Waals surface area (Å²) < 4.78 is 7.07. The second-order valence-electron chi connectivity index (χ2n) is 3.62. The number of nitrogens with two attached hydrogens (primary N) is 2. The van der Waals surface area contributed by atoms with Crippen LogP contribution in [-0.2, 0) is 6.54 Å². The number of carbonyl (C=O) groups is 1. The number of nitrogens with zero attached hydrogens (tertiary/aromatic N) is 2. The van der Waals surface area contributed by atoms with Gasteiger partial charge in [-0.1, -0.05) is 0 Å². The van der Waals surface area contributed by atoms with Gasteiger partial charge in [0.25, 0.3) is 0 Å². The van der Waals surface area contributed by atoms with Crippen LogP contribution in [0.15, 0.2) is 12.1 Å². The molecule has 6 heteroatoms. The number of primary amides is 1. The summed E-state index contributed by atoms with van der Waals surface area (Å²) >= 11 is 0. The van der Waals surface area contributed by atoms with Gasteiger partial charge < -0.3 is 20.8 Å². The van der Waals surface area contributed by atoms with Gasteiger partial charge in [-0.2, -0.15) is 0 Å². The Morgan fingerprint density at radius 3 is 2.76 bits per heavy atom. The van der Waals surface area contributed by atoms with Gasteiger partial charge in [-0.25, -0.2) is 4.98 Å². The van der Waals surface area contributed by atoms with Gasteiger partial charge in [-0.3, -0.25) is 4.79 Å². The summed E-state index contributed by atoms with van der Waals surface area (Å²) in [6.07, 6.45) is 0. The number of aromatic nitrogens is 2. The van der Waals surface area contributed by atoms with E-state index in [0.29, 0.717) is 29.3 Å². The molecule has 0 unspecified atom stereocenters. The van der Waals surface area contributed by atoms with Crippen molar-refractivity contribution in [3.63, 3.8) is 0 Å². The quantitative estimate of drug-likeness (QED) is 0.818. The Morgan fingerprint density at radius 2 is 2.24 bits per heavy atom. The molecule has 90 valence electrons. The van der Waals surface area contributed by atoms with Crippen LogP contribution in [0.25, 0.3) is 11.0 Å². The molecule has 0 radical (unpaired) electrons. The molecule has 0 aliphatic heterocycles. The molecule has 6 nitrogen and oxygen atoms in total. The fourth-order valence-corrected chi connectivity index (χ4v) is 1.87. The van der Waals surface area contributed by atoms with E-state index in [1.165, 1.54) is 7.11 Å². The third-order valence-electron chi connectivity index (χ3n) is 2.66. The van der Waals surface area contributed by atoms with E-state index in [0.717, 1.165) is 5.52 Å². The highest BCUT2D eigenvalue weighted by atomic mass is 16.5. The highest BCUT2D eigenvalue weighted by Crippen LogP contribution is 2.29. The molecular weight excluding hydrogens is 220 g/mol. The van der Waals surface area contributed by atoms with E-state index in [9.17, 15) is 4.79 Å². The first-order valence-corrected chi connectivity index (χ1v) is 5.22. The molecule has 2 aromatic rings. The van der Waals surface area contributed by atoms with Crippen LogP contribution >= 0.6 is 0 Å². The first-order chi connectivity index (χ1) is 8.08. The standard InChI is InChI=1S/C11H14N4O2/c1-3-15-9-7(14-11(15)13)4-6(10(12)16)5-8(9)17-2/h4-5H,3H2,1-2H3,(H2,12,16)(H2,13,14). The average molecular weight is 234 g/mol. The lowest BCUT2D eigenvalue weighted by Crippen LogP contribution is -2.11. The number of fused-ring (bicyclic) bond motifs is 1. The highest BCUT2D eigenvalue weighted by molar-refractivity contribution is 5.98. The lowest BCUT2D eigenvalue weighted by Gasteiger charge is -2.07. The molecule has 0 saturated carbocycles. The summed E-state index contributed by atoms with van der Waals surface area (Å²) in [6, 6.07) is 3.21. The van der Waals surface area contributed by atoms with Gasteiger partial charge in [0.2, 0.25) is 11.9 Å². The number of ether oxygens (including phenoxy) is 1.